The molecule has 0 spiro atoms. The van der Waals surface area contributed by atoms with Gasteiger partial charge < -0.3 is 10.7 Å². The number of carbonyl (C=O) groups is 1. The lowest BCUT2D eigenvalue weighted by Gasteiger charge is -2.08. The standard InChI is InChI=1S/C11H13ClN4O3/c12-8-3-7(11(17)14-5-6-1-2-6)4-9(16(18)19)10(8)15-13/h3-4,6,15H,1-2,5,13H2,(H,14,17). The number of nitrogens with one attached hydrogen (secondary N) is 2. The quantitative estimate of drug-likeness (QED) is 0.433. The van der Waals surface area contributed by atoms with Crippen molar-refractivity contribution in [3.05, 3.63) is 32.8 Å². The molecule has 1 aromatic rings. The van der Waals surface area contributed by atoms with Crippen LogP contribution in [0.4, 0.5) is 11.4 Å². The van der Waals surface area contributed by atoms with Crippen molar-refractivity contribution in [3.63, 3.8) is 0 Å². The monoisotopic (exact) mass is 284 g/mol. The topological polar surface area (TPSA) is 110 Å². The first kappa shape index (κ1) is 13.6. The number of anilines is 1. The molecular formula is C11H13ClN4O3. The lowest BCUT2D eigenvalue weighted by atomic mass is 10.1. The van der Waals surface area contributed by atoms with E-state index >= 15 is 0 Å². The van der Waals surface area contributed by atoms with E-state index in [4.69, 9.17) is 17.4 Å². The van der Waals surface area contributed by atoms with Crippen molar-refractivity contribution in [1.29, 1.82) is 0 Å². The van der Waals surface area contributed by atoms with Crippen LogP contribution in [0.25, 0.3) is 0 Å². The summed E-state index contributed by atoms with van der Waals surface area (Å²) in [6, 6.07) is 2.51. The fourth-order valence-corrected chi connectivity index (χ4v) is 1.94. The summed E-state index contributed by atoms with van der Waals surface area (Å²) < 4.78 is 0. The van der Waals surface area contributed by atoms with Crippen molar-refractivity contribution in [2.24, 2.45) is 11.8 Å². The van der Waals surface area contributed by atoms with Gasteiger partial charge in [-0.1, -0.05) is 11.6 Å². The van der Waals surface area contributed by atoms with E-state index in [2.05, 4.69) is 10.7 Å². The maximum Gasteiger partial charge on any atom is 0.295 e. The van der Waals surface area contributed by atoms with E-state index in [1.165, 1.54) is 6.07 Å². The summed E-state index contributed by atoms with van der Waals surface area (Å²) in [7, 11) is 0. The lowest BCUT2D eigenvalue weighted by molar-refractivity contribution is -0.384. The van der Waals surface area contributed by atoms with Crippen LogP contribution < -0.4 is 16.6 Å². The Labute approximate surface area is 114 Å². The van der Waals surface area contributed by atoms with Gasteiger partial charge in [0.15, 0.2) is 0 Å². The number of nitrogens with two attached hydrogens (primary N) is 1. The maximum atomic E-state index is 11.9. The predicted molar refractivity (Wildman–Crippen MR) is 71.0 cm³/mol. The van der Waals surface area contributed by atoms with E-state index in [0.29, 0.717) is 12.5 Å². The van der Waals surface area contributed by atoms with Crippen LogP contribution in [0.1, 0.15) is 23.2 Å². The largest absolute Gasteiger partial charge is 0.352 e. The molecule has 1 fully saturated rings. The summed E-state index contributed by atoms with van der Waals surface area (Å²) in [6.07, 6.45) is 2.22. The molecule has 0 saturated heterocycles. The second-order valence-electron chi connectivity index (χ2n) is 4.41. The van der Waals surface area contributed by atoms with E-state index in [1.807, 2.05) is 0 Å². The Bertz CT molecular complexity index is 531. The van der Waals surface area contributed by atoms with Gasteiger partial charge in [-0.2, -0.15) is 0 Å². The number of nitro groups is 1. The average molecular weight is 285 g/mol. The highest BCUT2D eigenvalue weighted by molar-refractivity contribution is 6.34. The number of nitrogens with zero attached hydrogens (tertiary/aromatic N) is 1. The molecule has 1 aromatic carbocycles. The fraction of sp³-hybridized carbons (Fsp3) is 0.364. The smallest absolute Gasteiger partial charge is 0.295 e. The molecule has 0 radical (unpaired) electrons. The molecule has 1 aliphatic rings. The number of nitro benzene ring substituents is 1. The zero-order chi connectivity index (χ0) is 14.0. The molecule has 7 nitrogen and oxygen atoms in total. The van der Waals surface area contributed by atoms with Crippen LogP contribution in [-0.2, 0) is 0 Å². The highest BCUT2D eigenvalue weighted by Gasteiger charge is 2.24. The van der Waals surface area contributed by atoms with Crippen LogP contribution >= 0.6 is 11.6 Å². The van der Waals surface area contributed by atoms with Crippen LogP contribution in [0.5, 0.6) is 0 Å². The molecule has 0 unspecified atom stereocenters. The third kappa shape index (κ3) is 3.12. The van der Waals surface area contributed by atoms with Gasteiger partial charge in [0.2, 0.25) is 0 Å². The molecule has 0 bridgehead atoms. The highest BCUT2D eigenvalue weighted by atomic mass is 35.5. The second-order valence-corrected chi connectivity index (χ2v) is 4.81. The van der Waals surface area contributed by atoms with Gasteiger partial charge in [0.05, 0.1) is 9.95 Å². The zero-order valence-electron chi connectivity index (χ0n) is 9.98. The number of carbonyl (C=O) groups excluding carboxylic acids is 1. The van der Waals surface area contributed by atoms with E-state index in [1.54, 1.807) is 0 Å². The Balaban J connectivity index is 2.24. The Morgan fingerprint density at radius 2 is 2.21 bits per heavy atom. The van der Waals surface area contributed by atoms with E-state index < -0.39 is 4.92 Å². The van der Waals surface area contributed by atoms with Crippen molar-refractivity contribution in [2.45, 2.75) is 12.8 Å². The molecule has 8 heteroatoms. The van der Waals surface area contributed by atoms with Crippen molar-refractivity contribution in [1.82, 2.24) is 5.32 Å². The van der Waals surface area contributed by atoms with Gasteiger partial charge >= 0.3 is 0 Å². The number of amides is 1. The molecule has 1 saturated carbocycles. The molecular weight excluding hydrogens is 272 g/mol. The minimum absolute atomic E-state index is 0.00888. The first-order valence-electron chi connectivity index (χ1n) is 5.75. The Morgan fingerprint density at radius 1 is 1.53 bits per heavy atom. The van der Waals surface area contributed by atoms with E-state index in [-0.39, 0.29) is 27.9 Å². The Hall–Kier alpha value is -1.86. The maximum absolute atomic E-state index is 11.9. The first-order valence-corrected chi connectivity index (χ1v) is 6.13. The van der Waals surface area contributed by atoms with Crippen LogP contribution in [0.15, 0.2) is 12.1 Å². The van der Waals surface area contributed by atoms with Gasteiger partial charge in [0.1, 0.15) is 5.69 Å². The average Bonchev–Trinajstić information content (AvgIpc) is 3.18. The molecule has 2 rings (SSSR count). The number of rotatable bonds is 5. The molecule has 102 valence electrons. The van der Waals surface area contributed by atoms with E-state index in [9.17, 15) is 14.9 Å². The Kier molecular flexibility index (Phi) is 3.87. The van der Waals surface area contributed by atoms with E-state index in [0.717, 1.165) is 18.9 Å². The predicted octanol–water partition coefficient (Wildman–Crippen LogP) is 1.67. The summed E-state index contributed by atoms with van der Waals surface area (Å²) in [6.45, 7) is 0.584. The molecule has 1 amide bonds. The van der Waals surface area contributed by atoms with Gasteiger partial charge in [0.25, 0.3) is 11.6 Å². The zero-order valence-corrected chi connectivity index (χ0v) is 10.7. The number of nitrogen functional groups attached to an aromatic ring is 1. The van der Waals surface area contributed by atoms with Gasteiger partial charge in [-0.15, -0.1) is 0 Å². The molecule has 0 aromatic heterocycles. The van der Waals surface area contributed by atoms with Crippen LogP contribution in [0.2, 0.25) is 5.02 Å². The van der Waals surface area contributed by atoms with Gasteiger partial charge in [0, 0.05) is 18.2 Å². The number of hydrazine groups is 1. The molecule has 0 heterocycles. The molecule has 0 atom stereocenters. The van der Waals surface area contributed by atoms with Gasteiger partial charge in [-0.3, -0.25) is 20.8 Å². The first-order chi connectivity index (χ1) is 9.02. The van der Waals surface area contributed by atoms with Crippen LogP contribution in [0, 0.1) is 16.0 Å². The summed E-state index contributed by atoms with van der Waals surface area (Å²) in [5.74, 6) is 5.34. The lowest BCUT2D eigenvalue weighted by Crippen LogP contribution is -2.25. The fourth-order valence-electron chi connectivity index (χ4n) is 1.67. The van der Waals surface area contributed by atoms with Crippen LogP contribution in [0.3, 0.4) is 0 Å². The second kappa shape index (κ2) is 5.41. The molecule has 1 aliphatic carbocycles. The third-order valence-electron chi connectivity index (χ3n) is 2.92. The normalized spacial score (nSPS) is 14.0. The third-order valence-corrected chi connectivity index (χ3v) is 3.22. The Morgan fingerprint density at radius 3 is 2.74 bits per heavy atom. The van der Waals surface area contributed by atoms with Crippen molar-refractivity contribution < 1.29 is 9.72 Å². The number of halogens is 1. The summed E-state index contributed by atoms with van der Waals surface area (Å²) in [5, 5.41) is 13.7. The minimum atomic E-state index is -0.640. The molecule has 0 aliphatic heterocycles. The highest BCUT2D eigenvalue weighted by Crippen LogP contribution is 2.33. The number of hydrogen-bond donors (Lipinski definition) is 3. The van der Waals surface area contributed by atoms with Crippen molar-refractivity contribution >= 4 is 28.9 Å². The SMILES string of the molecule is NNc1c(Cl)cc(C(=O)NCC2CC2)cc1[N+](=O)[O-]. The minimum Gasteiger partial charge on any atom is -0.352 e. The summed E-state index contributed by atoms with van der Waals surface area (Å²) in [5.41, 5.74) is 1.98. The van der Waals surface area contributed by atoms with Gasteiger partial charge in [-0.25, -0.2) is 0 Å². The van der Waals surface area contributed by atoms with Gasteiger partial charge in [-0.05, 0) is 24.8 Å². The van der Waals surface area contributed by atoms with Crippen LogP contribution in [-0.4, -0.2) is 17.4 Å². The van der Waals surface area contributed by atoms with Crippen molar-refractivity contribution in [2.75, 3.05) is 12.0 Å². The molecule has 4 N–H and O–H groups in total. The number of hydrogen-bond acceptors (Lipinski definition) is 5. The summed E-state index contributed by atoms with van der Waals surface area (Å²) in [4.78, 5) is 22.1. The summed E-state index contributed by atoms with van der Waals surface area (Å²) >= 11 is 5.87. The number of benzene rings is 1. The molecule has 19 heavy (non-hydrogen) atoms. The van der Waals surface area contributed by atoms with Crippen molar-refractivity contribution in [3.8, 4) is 0 Å².